The minimum absolute atomic E-state index is 0.155. The molecule has 4 heteroatoms. The minimum Gasteiger partial charge on any atom is -0.294 e. The molecule has 2 aromatic rings. The number of thiophene rings is 2. The topological polar surface area (TPSA) is 34.1 Å². The van der Waals surface area contributed by atoms with Gasteiger partial charge in [-0.2, -0.15) is 0 Å². The standard InChI is InChI=1S/C17H20O2S2/c1-10-8-14(12(3)20-10)16(18)6-5-7-17(19)15-9-11(2)21-13(15)4/h8-9H,5-7H2,1-4H3. The van der Waals surface area contributed by atoms with Crippen molar-refractivity contribution in [3.8, 4) is 0 Å². The first kappa shape index (κ1) is 16.1. The third kappa shape index (κ3) is 3.89. The minimum atomic E-state index is 0.155. The number of carbonyl (C=O) groups is 2. The maximum Gasteiger partial charge on any atom is 0.164 e. The van der Waals surface area contributed by atoms with Gasteiger partial charge in [0, 0.05) is 43.5 Å². The third-order valence-corrected chi connectivity index (χ3v) is 5.42. The highest BCUT2D eigenvalue weighted by molar-refractivity contribution is 7.12. The number of rotatable bonds is 6. The van der Waals surface area contributed by atoms with E-state index in [2.05, 4.69) is 0 Å². The van der Waals surface area contributed by atoms with Crippen LogP contribution in [0.1, 0.15) is 59.5 Å². The Labute approximate surface area is 133 Å². The lowest BCUT2D eigenvalue weighted by Crippen LogP contribution is -2.03. The Morgan fingerprint density at radius 3 is 1.48 bits per heavy atom. The molecule has 0 atom stereocenters. The van der Waals surface area contributed by atoms with Crippen LogP contribution in [0.5, 0.6) is 0 Å². The van der Waals surface area contributed by atoms with Crippen molar-refractivity contribution in [2.45, 2.75) is 47.0 Å². The number of hydrogen-bond donors (Lipinski definition) is 0. The molecule has 0 N–H and O–H groups in total. The van der Waals surface area contributed by atoms with Gasteiger partial charge in [-0.1, -0.05) is 0 Å². The Morgan fingerprint density at radius 1 is 0.810 bits per heavy atom. The first-order valence-electron chi connectivity index (χ1n) is 7.09. The largest absolute Gasteiger partial charge is 0.294 e. The Bertz CT molecular complexity index is 619. The molecule has 2 heterocycles. The SMILES string of the molecule is Cc1cc(C(=O)CCCC(=O)c2cc(C)sc2C)c(C)s1. The predicted octanol–water partition coefficient (Wildman–Crippen LogP) is 5.28. The normalized spacial score (nSPS) is 10.9. The van der Waals surface area contributed by atoms with Crippen LogP contribution in [0, 0.1) is 27.7 Å². The van der Waals surface area contributed by atoms with Gasteiger partial charge in [-0.25, -0.2) is 0 Å². The Balaban J connectivity index is 1.90. The molecule has 0 spiro atoms. The van der Waals surface area contributed by atoms with E-state index in [1.807, 2.05) is 39.8 Å². The molecule has 0 saturated carbocycles. The second-order valence-corrected chi connectivity index (χ2v) is 8.27. The molecule has 2 nitrogen and oxygen atoms in total. The molecule has 0 unspecified atom stereocenters. The highest BCUT2D eigenvalue weighted by Gasteiger charge is 2.15. The van der Waals surface area contributed by atoms with Crippen LogP contribution in [0.2, 0.25) is 0 Å². The molecular formula is C17H20O2S2. The van der Waals surface area contributed by atoms with Crippen molar-refractivity contribution in [2.24, 2.45) is 0 Å². The number of hydrogen-bond acceptors (Lipinski definition) is 4. The van der Waals surface area contributed by atoms with Gasteiger partial charge in [-0.3, -0.25) is 9.59 Å². The van der Waals surface area contributed by atoms with Gasteiger partial charge < -0.3 is 0 Å². The van der Waals surface area contributed by atoms with E-state index in [0.29, 0.717) is 19.3 Å². The molecular weight excluding hydrogens is 300 g/mol. The molecule has 0 aliphatic rings. The van der Waals surface area contributed by atoms with Gasteiger partial charge in [-0.05, 0) is 46.2 Å². The van der Waals surface area contributed by atoms with Gasteiger partial charge in [0.1, 0.15) is 0 Å². The summed E-state index contributed by atoms with van der Waals surface area (Å²) in [5, 5.41) is 0. The average Bonchev–Trinajstić information content (AvgIpc) is 2.91. The van der Waals surface area contributed by atoms with Crippen LogP contribution >= 0.6 is 22.7 Å². The monoisotopic (exact) mass is 320 g/mol. The first-order valence-corrected chi connectivity index (χ1v) is 8.72. The summed E-state index contributed by atoms with van der Waals surface area (Å²) in [5.41, 5.74) is 1.65. The van der Waals surface area contributed by atoms with Gasteiger partial charge in [-0.15, -0.1) is 22.7 Å². The Kier molecular flexibility index (Phi) is 5.12. The van der Waals surface area contributed by atoms with E-state index in [1.165, 1.54) is 0 Å². The van der Waals surface area contributed by atoms with Crippen LogP contribution < -0.4 is 0 Å². The fourth-order valence-electron chi connectivity index (χ4n) is 2.49. The van der Waals surface area contributed by atoms with Crippen LogP contribution in [-0.2, 0) is 0 Å². The van der Waals surface area contributed by atoms with E-state index in [-0.39, 0.29) is 11.6 Å². The Hall–Kier alpha value is -1.26. The number of Topliss-reactive ketones (excluding diaryl/α,β-unsaturated/α-hetero) is 2. The fraction of sp³-hybridized carbons (Fsp3) is 0.412. The molecule has 0 saturated heterocycles. The molecule has 2 aromatic heterocycles. The summed E-state index contributed by atoms with van der Waals surface area (Å²) in [4.78, 5) is 28.8. The van der Waals surface area contributed by atoms with Gasteiger partial charge >= 0.3 is 0 Å². The summed E-state index contributed by atoms with van der Waals surface area (Å²) in [7, 11) is 0. The zero-order valence-electron chi connectivity index (χ0n) is 12.9. The summed E-state index contributed by atoms with van der Waals surface area (Å²) in [6, 6.07) is 3.91. The molecule has 2 rings (SSSR count). The molecule has 0 aromatic carbocycles. The Morgan fingerprint density at radius 2 is 1.19 bits per heavy atom. The number of aryl methyl sites for hydroxylation is 4. The van der Waals surface area contributed by atoms with Crippen LogP contribution in [0.25, 0.3) is 0 Å². The molecule has 0 aliphatic heterocycles. The molecule has 0 bridgehead atoms. The zero-order valence-corrected chi connectivity index (χ0v) is 14.5. The van der Waals surface area contributed by atoms with Gasteiger partial charge in [0.25, 0.3) is 0 Å². The second kappa shape index (κ2) is 6.67. The van der Waals surface area contributed by atoms with Crippen LogP contribution in [-0.4, -0.2) is 11.6 Å². The number of ketones is 2. The maximum atomic E-state index is 12.2. The molecule has 112 valence electrons. The highest BCUT2D eigenvalue weighted by Crippen LogP contribution is 2.24. The number of carbonyl (C=O) groups excluding carboxylic acids is 2. The van der Waals surface area contributed by atoms with Crippen LogP contribution in [0.4, 0.5) is 0 Å². The lowest BCUT2D eigenvalue weighted by atomic mass is 10.0. The summed E-state index contributed by atoms with van der Waals surface area (Å²) in [5.74, 6) is 0.311. The molecule has 0 amide bonds. The summed E-state index contributed by atoms with van der Waals surface area (Å²) in [6.07, 6.45) is 1.52. The summed E-state index contributed by atoms with van der Waals surface area (Å²) < 4.78 is 0. The van der Waals surface area contributed by atoms with E-state index in [1.54, 1.807) is 22.7 Å². The quantitative estimate of drug-likeness (QED) is 0.679. The van der Waals surface area contributed by atoms with Crippen molar-refractivity contribution in [2.75, 3.05) is 0 Å². The average molecular weight is 320 g/mol. The van der Waals surface area contributed by atoms with Crippen molar-refractivity contribution in [1.29, 1.82) is 0 Å². The van der Waals surface area contributed by atoms with E-state index < -0.39 is 0 Å². The van der Waals surface area contributed by atoms with Crippen LogP contribution in [0.3, 0.4) is 0 Å². The smallest absolute Gasteiger partial charge is 0.164 e. The lowest BCUT2D eigenvalue weighted by Gasteiger charge is -2.01. The van der Waals surface area contributed by atoms with Gasteiger partial charge in [0.05, 0.1) is 0 Å². The molecule has 0 aliphatic carbocycles. The van der Waals surface area contributed by atoms with Crippen molar-refractivity contribution < 1.29 is 9.59 Å². The van der Waals surface area contributed by atoms with E-state index in [0.717, 1.165) is 30.6 Å². The molecule has 0 fully saturated rings. The van der Waals surface area contributed by atoms with E-state index >= 15 is 0 Å². The van der Waals surface area contributed by atoms with Crippen molar-refractivity contribution in [3.63, 3.8) is 0 Å². The lowest BCUT2D eigenvalue weighted by molar-refractivity contribution is 0.0957. The highest BCUT2D eigenvalue weighted by atomic mass is 32.1. The van der Waals surface area contributed by atoms with E-state index in [4.69, 9.17) is 0 Å². The first-order chi connectivity index (χ1) is 9.88. The third-order valence-electron chi connectivity index (χ3n) is 3.49. The summed E-state index contributed by atoms with van der Waals surface area (Å²) in [6.45, 7) is 7.99. The van der Waals surface area contributed by atoms with Crippen molar-refractivity contribution in [3.05, 3.63) is 42.8 Å². The van der Waals surface area contributed by atoms with Gasteiger partial charge in [0.2, 0.25) is 0 Å². The van der Waals surface area contributed by atoms with E-state index in [9.17, 15) is 9.59 Å². The fourth-order valence-corrected chi connectivity index (χ4v) is 4.38. The second-order valence-electron chi connectivity index (χ2n) is 5.35. The zero-order chi connectivity index (χ0) is 15.6. The maximum absolute atomic E-state index is 12.2. The van der Waals surface area contributed by atoms with Crippen molar-refractivity contribution in [1.82, 2.24) is 0 Å². The molecule has 21 heavy (non-hydrogen) atoms. The summed E-state index contributed by atoms with van der Waals surface area (Å²) >= 11 is 3.30. The van der Waals surface area contributed by atoms with Crippen molar-refractivity contribution >= 4 is 34.2 Å². The predicted molar refractivity (Wildman–Crippen MR) is 90.1 cm³/mol. The van der Waals surface area contributed by atoms with Crippen LogP contribution in [0.15, 0.2) is 12.1 Å². The molecule has 0 radical (unpaired) electrons. The van der Waals surface area contributed by atoms with Gasteiger partial charge in [0.15, 0.2) is 11.6 Å².